The minimum atomic E-state index is -0.914. The second kappa shape index (κ2) is 12.4. The summed E-state index contributed by atoms with van der Waals surface area (Å²) >= 11 is 8.16. The summed E-state index contributed by atoms with van der Waals surface area (Å²) in [5.41, 5.74) is 6.95. The molecule has 7 rings (SSSR count). The highest BCUT2D eigenvalue weighted by atomic mass is 35.5. The smallest absolute Gasteiger partial charge is 0.319 e. The maximum absolute atomic E-state index is 14.9. The number of nitrogens with zero attached hydrogens (tertiary/aromatic N) is 7. The number of aromatic nitrogens is 3. The summed E-state index contributed by atoms with van der Waals surface area (Å²) in [6, 6.07) is 4.80. The van der Waals surface area contributed by atoms with Gasteiger partial charge in [-0.25, -0.2) is 8.78 Å². The summed E-state index contributed by atoms with van der Waals surface area (Å²) in [6.45, 7) is 10.2. The van der Waals surface area contributed by atoms with Gasteiger partial charge in [0.2, 0.25) is 5.91 Å². The van der Waals surface area contributed by atoms with Crippen LogP contribution in [0, 0.1) is 17.1 Å². The average molecular weight is 693 g/mol. The molecular weight excluding hydrogens is 658 g/mol. The van der Waals surface area contributed by atoms with Gasteiger partial charge in [-0.05, 0) is 57.9 Å². The number of thiophene rings is 1. The lowest BCUT2D eigenvalue weighted by Gasteiger charge is -2.34. The fourth-order valence-corrected chi connectivity index (χ4v) is 9.19. The molecule has 1 amide bonds. The quantitative estimate of drug-likeness (QED) is 0.218. The van der Waals surface area contributed by atoms with Gasteiger partial charge in [0.05, 0.1) is 37.9 Å². The highest BCUT2D eigenvalue weighted by molar-refractivity contribution is 7.23. The van der Waals surface area contributed by atoms with Crippen LogP contribution in [0.15, 0.2) is 31.0 Å². The second-order valence-electron chi connectivity index (χ2n) is 12.7. The minimum absolute atomic E-state index is 0.0851. The molecule has 48 heavy (non-hydrogen) atoms. The van der Waals surface area contributed by atoms with Crippen molar-refractivity contribution in [1.29, 1.82) is 5.26 Å². The first-order valence-electron chi connectivity index (χ1n) is 16.1. The Balaban J connectivity index is 1.37. The number of ether oxygens (including phenoxy) is 1. The van der Waals surface area contributed by atoms with Crippen molar-refractivity contribution in [3.63, 3.8) is 0 Å². The van der Waals surface area contributed by atoms with E-state index < -0.39 is 17.5 Å². The molecular formula is C34H35ClF2N8O2S. The van der Waals surface area contributed by atoms with Crippen molar-refractivity contribution in [3.8, 4) is 23.3 Å². The number of likely N-dealkylation sites (tertiary alicyclic amines) is 1. The number of nitrogens with two attached hydrogens (primary N) is 1. The molecule has 0 saturated carbocycles. The molecule has 4 atom stereocenters. The van der Waals surface area contributed by atoms with E-state index in [2.05, 4.69) is 22.4 Å². The molecule has 3 saturated heterocycles. The molecule has 14 heteroatoms. The molecule has 250 valence electrons. The Morgan fingerprint density at radius 1 is 1.38 bits per heavy atom. The first-order chi connectivity index (χ1) is 23.1. The number of hydrogen-bond donors (Lipinski definition) is 1. The van der Waals surface area contributed by atoms with Gasteiger partial charge < -0.3 is 20.3 Å². The Labute approximate surface area is 285 Å². The van der Waals surface area contributed by atoms with Gasteiger partial charge in [0.25, 0.3) is 0 Å². The van der Waals surface area contributed by atoms with E-state index in [0.717, 1.165) is 30.7 Å². The monoisotopic (exact) mass is 692 g/mol. The number of anilines is 2. The van der Waals surface area contributed by atoms with Gasteiger partial charge in [-0.3, -0.25) is 14.7 Å². The van der Waals surface area contributed by atoms with Gasteiger partial charge in [0.1, 0.15) is 41.0 Å². The van der Waals surface area contributed by atoms with E-state index >= 15 is 0 Å². The number of carbonyl (C=O) groups is 1. The molecule has 1 aromatic carbocycles. The van der Waals surface area contributed by atoms with Crippen molar-refractivity contribution in [2.75, 3.05) is 43.4 Å². The first kappa shape index (κ1) is 32.4. The molecule has 0 bridgehead atoms. The number of carbonyl (C=O) groups excluding carboxylic acids is 1. The molecule has 3 aliphatic rings. The molecule has 0 spiro atoms. The number of alkyl halides is 1. The van der Waals surface area contributed by atoms with Crippen molar-refractivity contribution >= 4 is 60.7 Å². The summed E-state index contributed by atoms with van der Waals surface area (Å²) < 4.78 is 36.1. The highest BCUT2D eigenvalue weighted by Gasteiger charge is 2.49. The maximum Gasteiger partial charge on any atom is 0.319 e. The van der Waals surface area contributed by atoms with Crippen LogP contribution in [0.1, 0.15) is 45.1 Å². The van der Waals surface area contributed by atoms with Crippen molar-refractivity contribution in [1.82, 2.24) is 24.8 Å². The van der Waals surface area contributed by atoms with Gasteiger partial charge in [0.15, 0.2) is 0 Å². The zero-order valence-electron chi connectivity index (χ0n) is 26.7. The number of benzene rings is 1. The van der Waals surface area contributed by atoms with Crippen LogP contribution in [0.2, 0.25) is 5.02 Å². The molecule has 4 aromatic rings. The Morgan fingerprint density at radius 3 is 2.94 bits per heavy atom. The molecule has 0 unspecified atom stereocenters. The van der Waals surface area contributed by atoms with E-state index in [0.29, 0.717) is 65.8 Å². The predicted octanol–water partition coefficient (Wildman–Crippen LogP) is 6.11. The fraction of sp³-hybridized carbons (Fsp3) is 0.441. The van der Waals surface area contributed by atoms with Gasteiger partial charge in [-0.15, -0.1) is 11.3 Å². The highest BCUT2D eigenvalue weighted by Crippen LogP contribution is 2.45. The van der Waals surface area contributed by atoms with Crippen molar-refractivity contribution in [2.45, 2.75) is 63.3 Å². The molecule has 0 aliphatic carbocycles. The third-order valence-electron chi connectivity index (χ3n) is 10.2. The number of fused-ring (bicyclic) bond motifs is 3. The number of pyridine rings is 1. The minimum Gasteiger partial charge on any atom is -0.461 e. The van der Waals surface area contributed by atoms with E-state index in [1.807, 2.05) is 13.8 Å². The SMILES string of the molecule is C=CC(=O)N1CC[C@@H](N(CC)c2nc(OC[C@@]34CCCN3C[C@H](F)C4)nc3c(Cl)c(-c4ccc(F)c5sc(N)c(C#N)c45)ncc23)[C@@H]1C. The van der Waals surface area contributed by atoms with Crippen LogP contribution in [0.3, 0.4) is 0 Å². The number of hydrogen-bond acceptors (Lipinski definition) is 10. The molecule has 3 aromatic heterocycles. The van der Waals surface area contributed by atoms with Crippen molar-refractivity contribution in [2.24, 2.45) is 0 Å². The lowest BCUT2D eigenvalue weighted by Crippen LogP contribution is -2.45. The van der Waals surface area contributed by atoms with Crippen LogP contribution in [0.4, 0.5) is 19.6 Å². The number of likely N-dealkylation sites (N-methyl/N-ethyl adjacent to an activating group) is 1. The number of halogens is 3. The summed E-state index contributed by atoms with van der Waals surface area (Å²) in [6.07, 6.45) is 4.92. The second-order valence-corrected chi connectivity index (χ2v) is 14.2. The van der Waals surface area contributed by atoms with Crippen LogP contribution in [-0.4, -0.2) is 87.2 Å². The van der Waals surface area contributed by atoms with Crippen molar-refractivity contribution in [3.05, 3.63) is 47.4 Å². The van der Waals surface area contributed by atoms with Gasteiger partial charge >= 0.3 is 6.01 Å². The molecule has 0 radical (unpaired) electrons. The average Bonchev–Trinajstić information content (AvgIpc) is 3.82. The van der Waals surface area contributed by atoms with E-state index in [4.69, 9.17) is 37.0 Å². The van der Waals surface area contributed by atoms with Crippen LogP contribution >= 0.6 is 22.9 Å². The number of rotatable bonds is 8. The van der Waals surface area contributed by atoms with Crippen LogP contribution in [0.5, 0.6) is 6.01 Å². The molecule has 3 aliphatic heterocycles. The number of nitriles is 1. The zero-order chi connectivity index (χ0) is 33.9. The zero-order valence-corrected chi connectivity index (χ0v) is 28.3. The van der Waals surface area contributed by atoms with Crippen LogP contribution in [-0.2, 0) is 4.79 Å². The van der Waals surface area contributed by atoms with Gasteiger partial charge in [-0.1, -0.05) is 18.2 Å². The lowest BCUT2D eigenvalue weighted by atomic mass is 9.95. The Hall–Kier alpha value is -4.12. The molecule has 3 fully saturated rings. The third kappa shape index (κ3) is 5.12. The molecule has 6 heterocycles. The van der Waals surface area contributed by atoms with Gasteiger partial charge in [0, 0.05) is 49.2 Å². The maximum atomic E-state index is 14.9. The number of nitrogen functional groups attached to an aromatic ring is 1. The summed E-state index contributed by atoms with van der Waals surface area (Å²) in [5, 5.41) is 11.2. The van der Waals surface area contributed by atoms with Gasteiger partial charge in [-0.2, -0.15) is 15.2 Å². The summed E-state index contributed by atoms with van der Waals surface area (Å²) in [4.78, 5) is 33.1. The third-order valence-corrected chi connectivity index (χ3v) is 11.6. The predicted molar refractivity (Wildman–Crippen MR) is 184 cm³/mol. The normalized spacial score (nSPS) is 23.9. The fourth-order valence-electron chi connectivity index (χ4n) is 7.95. The van der Waals surface area contributed by atoms with E-state index in [1.54, 1.807) is 11.1 Å². The molecule has 10 nitrogen and oxygen atoms in total. The standard InChI is InChI=1S/C34H35ClF2N8O2S/c1-4-25(46)45-12-9-24(18(45)3)44(5-2)32-22-15-40-28(20-7-8-23(37)30-26(20)21(14-38)31(39)48-30)27(35)29(22)41-33(42-32)47-17-34-10-6-11-43(34)16-19(36)13-34/h4,7-8,15,18-19,24H,1,5-6,9-13,16-17,39H2,2-3H3/t18-,19+,24+,34-/m0/s1. The number of amides is 1. The summed E-state index contributed by atoms with van der Waals surface area (Å²) in [5.74, 6) is -0.0906. The van der Waals surface area contributed by atoms with Crippen LogP contribution < -0.4 is 15.4 Å². The van der Waals surface area contributed by atoms with Crippen molar-refractivity contribution < 1.29 is 18.3 Å². The molecule has 2 N–H and O–H groups in total. The van der Waals surface area contributed by atoms with E-state index in [-0.39, 0.29) is 50.9 Å². The van der Waals surface area contributed by atoms with Crippen LogP contribution in [0.25, 0.3) is 32.2 Å². The lowest BCUT2D eigenvalue weighted by molar-refractivity contribution is -0.126. The van der Waals surface area contributed by atoms with E-state index in [9.17, 15) is 18.8 Å². The van der Waals surface area contributed by atoms with E-state index in [1.165, 1.54) is 18.2 Å². The Morgan fingerprint density at radius 2 is 2.19 bits per heavy atom. The Kier molecular flexibility index (Phi) is 8.38. The summed E-state index contributed by atoms with van der Waals surface area (Å²) in [7, 11) is 0. The first-order valence-corrected chi connectivity index (χ1v) is 17.3. The topological polar surface area (TPSA) is 125 Å². The largest absolute Gasteiger partial charge is 0.461 e. The Bertz CT molecular complexity index is 2000.